The van der Waals surface area contributed by atoms with E-state index in [-0.39, 0.29) is 11.6 Å². The van der Waals surface area contributed by atoms with Crippen molar-refractivity contribution < 1.29 is 9.53 Å². The third-order valence-corrected chi connectivity index (χ3v) is 4.91. The van der Waals surface area contributed by atoms with Crippen LogP contribution in [-0.4, -0.2) is 11.6 Å². The summed E-state index contributed by atoms with van der Waals surface area (Å²) in [5, 5.41) is 0. The van der Waals surface area contributed by atoms with Crippen molar-refractivity contribution in [1.29, 1.82) is 0 Å². The molecule has 4 aliphatic rings. The van der Waals surface area contributed by atoms with Gasteiger partial charge in [0.15, 0.2) is 0 Å². The largest absolute Gasteiger partial charge is 0.459 e. The van der Waals surface area contributed by atoms with Crippen LogP contribution in [0.4, 0.5) is 0 Å². The number of unbranched alkanes of at least 4 members (excludes halogenated alkanes) is 1. The van der Waals surface area contributed by atoms with Crippen molar-refractivity contribution in [3.8, 4) is 0 Å². The minimum atomic E-state index is -0.0482. The highest BCUT2D eigenvalue weighted by Gasteiger charge is 2.53. The zero-order valence-corrected chi connectivity index (χ0v) is 10.8. The third kappa shape index (κ3) is 2.23. The van der Waals surface area contributed by atoms with E-state index in [1.54, 1.807) is 0 Å². The molecule has 1 radical (unpaired) electrons. The van der Waals surface area contributed by atoms with E-state index in [9.17, 15) is 4.79 Å². The summed E-state index contributed by atoms with van der Waals surface area (Å²) >= 11 is 0. The van der Waals surface area contributed by atoms with Gasteiger partial charge in [0.1, 0.15) is 5.60 Å². The molecule has 0 N–H and O–H groups in total. The Morgan fingerprint density at radius 2 is 1.71 bits per heavy atom. The van der Waals surface area contributed by atoms with Gasteiger partial charge in [0.2, 0.25) is 0 Å². The van der Waals surface area contributed by atoms with E-state index in [0.717, 1.165) is 43.4 Å². The Hall–Kier alpha value is -0.530. The van der Waals surface area contributed by atoms with E-state index in [0.29, 0.717) is 6.42 Å². The van der Waals surface area contributed by atoms with E-state index in [1.807, 2.05) is 6.42 Å². The van der Waals surface area contributed by atoms with Crippen molar-refractivity contribution in [2.75, 3.05) is 0 Å². The highest BCUT2D eigenvalue weighted by molar-refractivity contribution is 5.71. The molecule has 0 unspecified atom stereocenters. The van der Waals surface area contributed by atoms with E-state index >= 15 is 0 Å². The molecule has 4 bridgehead atoms. The lowest BCUT2D eigenvalue weighted by Gasteiger charge is -2.55. The summed E-state index contributed by atoms with van der Waals surface area (Å²) in [4.78, 5) is 11.8. The predicted molar refractivity (Wildman–Crippen MR) is 66.2 cm³/mol. The fourth-order valence-corrected chi connectivity index (χ4v) is 4.70. The van der Waals surface area contributed by atoms with Crippen LogP contribution in [0.3, 0.4) is 0 Å². The van der Waals surface area contributed by atoms with Crippen molar-refractivity contribution in [3.05, 3.63) is 6.42 Å². The number of rotatable bonds is 4. The molecule has 0 aliphatic heterocycles. The molecule has 4 rings (SSSR count). The van der Waals surface area contributed by atoms with Gasteiger partial charge in [-0.15, -0.1) is 0 Å². The van der Waals surface area contributed by atoms with Gasteiger partial charge in [-0.25, -0.2) is 0 Å². The molecule has 0 spiro atoms. The summed E-state index contributed by atoms with van der Waals surface area (Å²) in [7, 11) is 0. The Bertz CT molecular complexity index is 273. The minimum Gasteiger partial charge on any atom is -0.459 e. The molecule has 4 aliphatic carbocycles. The maximum absolute atomic E-state index is 11.8. The third-order valence-electron chi connectivity index (χ3n) is 4.91. The summed E-state index contributed by atoms with van der Waals surface area (Å²) in [6.07, 6.45) is 11.1. The minimum absolute atomic E-state index is 0.00815. The molecule has 0 amide bonds. The number of esters is 1. The van der Waals surface area contributed by atoms with Crippen molar-refractivity contribution in [2.24, 2.45) is 17.8 Å². The Kier molecular flexibility index (Phi) is 2.92. The summed E-state index contributed by atoms with van der Waals surface area (Å²) in [5.74, 6) is 2.56. The topological polar surface area (TPSA) is 26.3 Å². The molecule has 0 saturated heterocycles. The van der Waals surface area contributed by atoms with Crippen LogP contribution in [0.2, 0.25) is 0 Å². The Balaban J connectivity index is 1.64. The molecule has 0 aromatic heterocycles. The quantitative estimate of drug-likeness (QED) is 0.697. The molecule has 4 saturated carbocycles. The number of ether oxygens (including phenoxy) is 1. The summed E-state index contributed by atoms with van der Waals surface area (Å²) in [5.41, 5.74) is -0.0482. The van der Waals surface area contributed by atoms with Crippen molar-refractivity contribution in [1.82, 2.24) is 0 Å². The number of hydrogen-bond donors (Lipinski definition) is 0. The average Bonchev–Trinajstić information content (AvgIpc) is 2.23. The molecule has 95 valence electrons. The molecule has 2 heteroatoms. The Morgan fingerprint density at radius 3 is 2.18 bits per heavy atom. The number of hydrogen-bond acceptors (Lipinski definition) is 2. The fourth-order valence-electron chi connectivity index (χ4n) is 4.70. The first-order valence-corrected chi connectivity index (χ1v) is 7.22. The Morgan fingerprint density at radius 1 is 1.18 bits per heavy atom. The van der Waals surface area contributed by atoms with Crippen molar-refractivity contribution in [3.63, 3.8) is 0 Å². The molecule has 0 aromatic rings. The monoisotopic (exact) mass is 235 g/mol. The average molecular weight is 235 g/mol. The van der Waals surface area contributed by atoms with Crippen LogP contribution in [-0.2, 0) is 9.53 Å². The smallest absolute Gasteiger partial charge is 0.306 e. The van der Waals surface area contributed by atoms with E-state index < -0.39 is 0 Å². The van der Waals surface area contributed by atoms with Crippen LogP contribution in [0.5, 0.6) is 0 Å². The molecular formula is C15H23O2. The molecule has 2 nitrogen and oxygen atoms in total. The standard InChI is InChI=1S/C15H23O2/c1-2-3-4-14(16)17-15-8-11-5-12(9-15)7-13(6-11)10-15/h3,11-13H,2,4-10H2,1H3. The summed E-state index contributed by atoms with van der Waals surface area (Å²) in [6.45, 7) is 2.07. The highest BCUT2D eigenvalue weighted by Crippen LogP contribution is 2.57. The lowest BCUT2D eigenvalue weighted by Crippen LogP contribution is -2.52. The van der Waals surface area contributed by atoms with Gasteiger partial charge in [-0.3, -0.25) is 4.79 Å². The molecule has 0 heterocycles. The van der Waals surface area contributed by atoms with Gasteiger partial charge in [0.05, 0.1) is 0 Å². The first-order valence-electron chi connectivity index (χ1n) is 7.22. The van der Waals surface area contributed by atoms with Gasteiger partial charge in [0.25, 0.3) is 0 Å². The van der Waals surface area contributed by atoms with Crippen LogP contribution < -0.4 is 0 Å². The first-order chi connectivity index (χ1) is 8.19. The SMILES string of the molecule is CC[CH]CC(=O)OC12CC3CC(CC(C3)C1)C2. The normalized spacial score (nSPS) is 42.8. The molecule has 0 atom stereocenters. The molecule has 4 fully saturated rings. The van der Waals surface area contributed by atoms with Gasteiger partial charge < -0.3 is 4.74 Å². The van der Waals surface area contributed by atoms with Crippen LogP contribution in [0.1, 0.15) is 58.3 Å². The summed E-state index contributed by atoms with van der Waals surface area (Å²) in [6, 6.07) is 0. The number of carbonyl (C=O) groups is 1. The zero-order chi connectivity index (χ0) is 11.9. The van der Waals surface area contributed by atoms with Crippen molar-refractivity contribution >= 4 is 5.97 Å². The maximum Gasteiger partial charge on any atom is 0.306 e. The van der Waals surface area contributed by atoms with Crippen LogP contribution >= 0.6 is 0 Å². The van der Waals surface area contributed by atoms with Gasteiger partial charge >= 0.3 is 5.97 Å². The van der Waals surface area contributed by atoms with Crippen molar-refractivity contribution in [2.45, 2.75) is 63.9 Å². The van der Waals surface area contributed by atoms with E-state index in [2.05, 4.69) is 6.92 Å². The van der Waals surface area contributed by atoms with Crippen LogP contribution in [0.25, 0.3) is 0 Å². The van der Waals surface area contributed by atoms with E-state index in [1.165, 1.54) is 19.3 Å². The first kappa shape index (κ1) is 11.6. The number of carbonyl (C=O) groups excluding carboxylic acids is 1. The maximum atomic E-state index is 11.8. The molecular weight excluding hydrogens is 212 g/mol. The van der Waals surface area contributed by atoms with Gasteiger partial charge in [-0.2, -0.15) is 0 Å². The second kappa shape index (κ2) is 4.29. The van der Waals surface area contributed by atoms with E-state index in [4.69, 9.17) is 4.74 Å². The molecule has 0 aromatic carbocycles. The lowest BCUT2D eigenvalue weighted by atomic mass is 9.54. The predicted octanol–water partition coefficient (Wildman–Crippen LogP) is 3.50. The second-order valence-electron chi connectivity index (χ2n) is 6.48. The fraction of sp³-hybridized carbons (Fsp3) is 0.867. The van der Waals surface area contributed by atoms with Gasteiger partial charge in [-0.05, 0) is 62.7 Å². The van der Waals surface area contributed by atoms with Crippen LogP contribution in [0, 0.1) is 24.2 Å². The lowest BCUT2D eigenvalue weighted by molar-refractivity contribution is -0.185. The summed E-state index contributed by atoms with van der Waals surface area (Å²) < 4.78 is 5.88. The zero-order valence-electron chi connectivity index (χ0n) is 10.8. The Labute approximate surface area is 104 Å². The van der Waals surface area contributed by atoms with Gasteiger partial charge in [-0.1, -0.05) is 13.3 Å². The highest BCUT2D eigenvalue weighted by atomic mass is 16.6. The van der Waals surface area contributed by atoms with Gasteiger partial charge in [0, 0.05) is 6.42 Å². The van der Waals surface area contributed by atoms with Crippen LogP contribution in [0.15, 0.2) is 0 Å². The molecule has 17 heavy (non-hydrogen) atoms. The second-order valence-corrected chi connectivity index (χ2v) is 6.48.